The average Bonchev–Trinajstić information content (AvgIpc) is 2.50. The third-order valence-electron chi connectivity index (χ3n) is 2.50. The van der Waals surface area contributed by atoms with Crippen molar-refractivity contribution >= 4 is 21.7 Å². The van der Waals surface area contributed by atoms with Gasteiger partial charge in [-0.3, -0.25) is 9.59 Å². The van der Waals surface area contributed by atoms with Gasteiger partial charge in [-0.25, -0.2) is 8.42 Å². The number of amides is 2. The summed E-state index contributed by atoms with van der Waals surface area (Å²) in [4.78, 5) is 21.4. The van der Waals surface area contributed by atoms with Gasteiger partial charge in [-0.2, -0.15) is 26.3 Å². The van der Waals surface area contributed by atoms with Gasteiger partial charge in [0.25, 0.3) is 0 Å². The van der Waals surface area contributed by atoms with Crippen molar-refractivity contribution in [1.82, 2.24) is 10.6 Å². The highest BCUT2D eigenvalue weighted by Crippen LogP contribution is 2.20. The Kier molecular flexibility index (Phi) is 4.46. The van der Waals surface area contributed by atoms with E-state index in [2.05, 4.69) is 0 Å². The molecule has 1 rings (SSSR count). The summed E-state index contributed by atoms with van der Waals surface area (Å²) in [5.41, 5.74) is 0. The molecule has 21 heavy (non-hydrogen) atoms. The lowest BCUT2D eigenvalue weighted by molar-refractivity contribution is -0.176. The van der Waals surface area contributed by atoms with Crippen molar-refractivity contribution in [3.05, 3.63) is 0 Å². The maximum atomic E-state index is 12.0. The molecule has 0 saturated carbocycles. The van der Waals surface area contributed by atoms with Crippen molar-refractivity contribution in [3.63, 3.8) is 0 Å². The van der Waals surface area contributed by atoms with Gasteiger partial charge in [0.05, 0.1) is 23.6 Å². The second-order valence-corrected chi connectivity index (χ2v) is 6.39. The largest absolute Gasteiger partial charge is 0.471 e. The van der Waals surface area contributed by atoms with Crippen LogP contribution in [0.2, 0.25) is 0 Å². The SMILES string of the molecule is O=C(N[C@@H]1CS(=O)(=O)C[C@H]1NC(=O)C(F)(F)F)C(F)(F)F. The highest BCUT2D eigenvalue weighted by atomic mass is 32.2. The van der Waals surface area contributed by atoms with Crippen molar-refractivity contribution in [3.8, 4) is 0 Å². The summed E-state index contributed by atoms with van der Waals surface area (Å²) in [7, 11) is -3.99. The van der Waals surface area contributed by atoms with Crippen LogP contribution in [0.5, 0.6) is 0 Å². The fraction of sp³-hybridized carbons (Fsp3) is 0.750. The van der Waals surface area contributed by atoms with E-state index in [1.807, 2.05) is 0 Å². The first-order valence-corrected chi connectivity index (χ1v) is 7.00. The van der Waals surface area contributed by atoms with E-state index in [1.54, 1.807) is 0 Å². The van der Waals surface area contributed by atoms with E-state index in [9.17, 15) is 44.3 Å². The number of carbonyl (C=O) groups excluding carboxylic acids is 2. The summed E-state index contributed by atoms with van der Waals surface area (Å²) < 4.78 is 94.8. The smallest absolute Gasteiger partial charge is 0.342 e. The van der Waals surface area contributed by atoms with Gasteiger partial charge in [-0.15, -0.1) is 0 Å². The number of hydrogen-bond donors (Lipinski definition) is 2. The summed E-state index contributed by atoms with van der Waals surface area (Å²) in [6, 6.07) is -3.59. The Morgan fingerprint density at radius 3 is 1.33 bits per heavy atom. The topological polar surface area (TPSA) is 92.3 Å². The molecule has 0 bridgehead atoms. The lowest BCUT2D eigenvalue weighted by Gasteiger charge is -2.21. The van der Waals surface area contributed by atoms with Gasteiger partial charge < -0.3 is 10.6 Å². The molecule has 0 spiro atoms. The maximum absolute atomic E-state index is 12.0. The summed E-state index contributed by atoms with van der Waals surface area (Å²) >= 11 is 0. The molecule has 0 aromatic heterocycles. The first-order valence-electron chi connectivity index (χ1n) is 5.18. The standard InChI is InChI=1S/C8H8F6N2O4S/c9-7(10,11)5(17)15-3-1-21(19,20)2-4(3)16-6(18)8(12,13)14/h3-4H,1-2H2,(H,15,17)(H,16,18)/t3-,4-/m1/s1. The summed E-state index contributed by atoms with van der Waals surface area (Å²) in [6.45, 7) is 0. The van der Waals surface area contributed by atoms with Crippen molar-refractivity contribution in [2.75, 3.05) is 11.5 Å². The normalized spacial score (nSPS) is 25.4. The monoisotopic (exact) mass is 342 g/mol. The predicted molar refractivity (Wildman–Crippen MR) is 54.6 cm³/mol. The van der Waals surface area contributed by atoms with Crippen LogP contribution in [-0.2, 0) is 19.4 Å². The molecule has 13 heteroatoms. The van der Waals surface area contributed by atoms with Gasteiger partial charge in [0.15, 0.2) is 9.84 Å². The fourth-order valence-corrected chi connectivity index (χ4v) is 3.49. The van der Waals surface area contributed by atoms with Crippen LogP contribution in [0.3, 0.4) is 0 Å². The minimum absolute atomic E-state index is 1.00. The van der Waals surface area contributed by atoms with Crippen LogP contribution >= 0.6 is 0 Å². The molecule has 2 amide bonds. The predicted octanol–water partition coefficient (Wildman–Crippen LogP) is -0.491. The van der Waals surface area contributed by atoms with Crippen LogP contribution in [0.1, 0.15) is 0 Å². The van der Waals surface area contributed by atoms with E-state index >= 15 is 0 Å². The molecule has 2 N–H and O–H groups in total. The Hall–Kier alpha value is -1.53. The lowest BCUT2D eigenvalue weighted by atomic mass is 10.1. The molecule has 0 aliphatic carbocycles. The van der Waals surface area contributed by atoms with Crippen molar-refractivity contribution < 1.29 is 44.3 Å². The second-order valence-electron chi connectivity index (χ2n) is 4.23. The van der Waals surface area contributed by atoms with Crippen molar-refractivity contribution in [2.45, 2.75) is 24.4 Å². The second kappa shape index (κ2) is 5.35. The zero-order valence-corrected chi connectivity index (χ0v) is 10.7. The van der Waals surface area contributed by atoms with Crippen LogP contribution in [0.25, 0.3) is 0 Å². The number of rotatable bonds is 2. The van der Waals surface area contributed by atoms with E-state index in [1.165, 1.54) is 10.6 Å². The molecule has 1 fully saturated rings. The minimum Gasteiger partial charge on any atom is -0.342 e. The van der Waals surface area contributed by atoms with Crippen molar-refractivity contribution in [2.24, 2.45) is 0 Å². The Labute approximate surface area is 113 Å². The third kappa shape index (κ3) is 4.75. The number of alkyl halides is 6. The first kappa shape index (κ1) is 17.5. The number of nitrogens with one attached hydrogen (secondary N) is 2. The molecule has 1 aliphatic heterocycles. The Balaban J connectivity index is 2.86. The Morgan fingerprint density at radius 1 is 0.810 bits per heavy atom. The zero-order chi connectivity index (χ0) is 16.6. The number of halogens is 6. The number of sulfone groups is 1. The maximum Gasteiger partial charge on any atom is 0.471 e. The van der Waals surface area contributed by atoms with Gasteiger partial charge in [0.1, 0.15) is 0 Å². The molecule has 0 radical (unpaired) electrons. The molecule has 0 unspecified atom stereocenters. The lowest BCUT2D eigenvalue weighted by Crippen LogP contribution is -2.55. The minimum atomic E-state index is -5.33. The average molecular weight is 342 g/mol. The molecule has 122 valence electrons. The van der Waals surface area contributed by atoms with Crippen LogP contribution in [0.4, 0.5) is 26.3 Å². The fourth-order valence-electron chi connectivity index (χ4n) is 1.63. The molecule has 1 saturated heterocycles. The Morgan fingerprint density at radius 2 is 1.10 bits per heavy atom. The third-order valence-corrected chi connectivity index (χ3v) is 4.23. The summed E-state index contributed by atoms with van der Waals surface area (Å²) in [6.07, 6.45) is -10.7. The van der Waals surface area contributed by atoms with E-state index in [-0.39, 0.29) is 0 Å². The highest BCUT2D eigenvalue weighted by molar-refractivity contribution is 7.91. The van der Waals surface area contributed by atoms with Gasteiger partial charge in [-0.1, -0.05) is 0 Å². The molecular formula is C8H8F6N2O4S. The van der Waals surface area contributed by atoms with Gasteiger partial charge in [-0.05, 0) is 0 Å². The quantitative estimate of drug-likeness (QED) is 0.663. The van der Waals surface area contributed by atoms with Gasteiger partial charge >= 0.3 is 24.2 Å². The van der Waals surface area contributed by atoms with E-state index in [4.69, 9.17) is 0 Å². The summed E-state index contributed by atoms with van der Waals surface area (Å²) in [5, 5.41) is 2.51. The zero-order valence-electron chi connectivity index (χ0n) is 9.88. The van der Waals surface area contributed by atoms with E-state index in [0.717, 1.165) is 0 Å². The van der Waals surface area contributed by atoms with Crippen LogP contribution in [-0.4, -0.2) is 56.2 Å². The number of hydrogen-bond acceptors (Lipinski definition) is 4. The molecule has 6 nitrogen and oxygen atoms in total. The molecule has 0 aromatic rings. The number of carbonyl (C=O) groups is 2. The van der Waals surface area contributed by atoms with Gasteiger partial charge in [0.2, 0.25) is 0 Å². The summed E-state index contributed by atoms with van der Waals surface area (Å²) in [5.74, 6) is -7.01. The molecule has 1 heterocycles. The first-order chi connectivity index (χ1) is 9.22. The molecule has 0 aromatic carbocycles. The van der Waals surface area contributed by atoms with Crippen LogP contribution < -0.4 is 10.6 Å². The molecule has 1 aliphatic rings. The Bertz CT molecular complexity index is 498. The molecule has 2 atom stereocenters. The van der Waals surface area contributed by atoms with E-state index in [0.29, 0.717) is 0 Å². The van der Waals surface area contributed by atoms with Crippen molar-refractivity contribution in [1.29, 1.82) is 0 Å². The molecular weight excluding hydrogens is 334 g/mol. The highest BCUT2D eigenvalue weighted by Gasteiger charge is 2.48. The van der Waals surface area contributed by atoms with E-state index < -0.39 is 57.6 Å². The van der Waals surface area contributed by atoms with Crippen LogP contribution in [0, 0.1) is 0 Å². The van der Waals surface area contributed by atoms with Crippen LogP contribution in [0.15, 0.2) is 0 Å². The van der Waals surface area contributed by atoms with Gasteiger partial charge in [0, 0.05) is 0 Å².